The summed E-state index contributed by atoms with van der Waals surface area (Å²) in [4.78, 5) is 4.27. The standard InChI is InChI=1S/C18H28FN3OS/c1-18(10-5-13-24-18)14-22-17(20-2)21-11-3-4-12-23-16-8-6-15(19)7-9-16/h6-9H,3-5,10-14H2,1-2H3,(H2,20,21,22). The van der Waals surface area contributed by atoms with Crippen LogP contribution in [0.25, 0.3) is 0 Å². The fourth-order valence-corrected chi connectivity index (χ4v) is 3.87. The van der Waals surface area contributed by atoms with Gasteiger partial charge in [-0.3, -0.25) is 4.99 Å². The van der Waals surface area contributed by atoms with Crippen molar-refractivity contribution in [3.05, 3.63) is 30.1 Å². The normalized spacial score (nSPS) is 20.9. The molecule has 1 saturated heterocycles. The van der Waals surface area contributed by atoms with Gasteiger partial charge < -0.3 is 15.4 Å². The summed E-state index contributed by atoms with van der Waals surface area (Å²) in [6.45, 7) is 4.76. The van der Waals surface area contributed by atoms with Crippen molar-refractivity contribution in [3.8, 4) is 5.75 Å². The van der Waals surface area contributed by atoms with Gasteiger partial charge in [-0.25, -0.2) is 4.39 Å². The van der Waals surface area contributed by atoms with Crippen molar-refractivity contribution in [2.45, 2.75) is 37.4 Å². The molecule has 0 amide bonds. The van der Waals surface area contributed by atoms with Gasteiger partial charge in [0.1, 0.15) is 11.6 Å². The zero-order valence-electron chi connectivity index (χ0n) is 14.6. The molecule has 0 aliphatic carbocycles. The molecular weight excluding hydrogens is 325 g/mol. The predicted octanol–water partition coefficient (Wildman–Crippen LogP) is 3.44. The molecule has 1 heterocycles. The molecule has 0 saturated carbocycles. The number of benzene rings is 1. The molecule has 0 bridgehead atoms. The lowest BCUT2D eigenvalue weighted by molar-refractivity contribution is 0.306. The number of thioether (sulfide) groups is 1. The molecule has 1 aromatic rings. The molecule has 134 valence electrons. The first-order valence-electron chi connectivity index (χ1n) is 8.58. The summed E-state index contributed by atoms with van der Waals surface area (Å²) >= 11 is 2.05. The highest BCUT2D eigenvalue weighted by Gasteiger charge is 2.29. The summed E-state index contributed by atoms with van der Waals surface area (Å²) in [5.41, 5.74) is 0. The minimum Gasteiger partial charge on any atom is -0.494 e. The van der Waals surface area contributed by atoms with Crippen LogP contribution in [-0.4, -0.2) is 43.2 Å². The molecule has 2 N–H and O–H groups in total. The number of hydrogen-bond donors (Lipinski definition) is 2. The van der Waals surface area contributed by atoms with Crippen molar-refractivity contribution in [1.29, 1.82) is 0 Å². The number of hydrogen-bond acceptors (Lipinski definition) is 3. The van der Waals surface area contributed by atoms with Crippen molar-refractivity contribution in [1.82, 2.24) is 10.6 Å². The molecule has 0 spiro atoms. The number of unbranched alkanes of at least 4 members (excludes halogenated alkanes) is 1. The van der Waals surface area contributed by atoms with Gasteiger partial charge >= 0.3 is 0 Å². The van der Waals surface area contributed by atoms with E-state index in [1.54, 1.807) is 19.2 Å². The zero-order valence-corrected chi connectivity index (χ0v) is 15.4. The molecule has 1 aliphatic rings. The van der Waals surface area contributed by atoms with E-state index >= 15 is 0 Å². The Kier molecular flexibility index (Phi) is 7.69. The van der Waals surface area contributed by atoms with Crippen LogP contribution in [0.5, 0.6) is 5.75 Å². The van der Waals surface area contributed by atoms with Crippen molar-refractivity contribution in [2.24, 2.45) is 4.99 Å². The fourth-order valence-electron chi connectivity index (χ4n) is 2.62. The molecule has 1 aliphatic heterocycles. The zero-order chi connectivity index (χ0) is 17.3. The van der Waals surface area contributed by atoms with E-state index in [2.05, 4.69) is 22.5 Å². The molecule has 1 atom stereocenters. The maximum absolute atomic E-state index is 12.8. The minimum absolute atomic E-state index is 0.240. The maximum Gasteiger partial charge on any atom is 0.191 e. The molecule has 4 nitrogen and oxygen atoms in total. The maximum atomic E-state index is 12.8. The van der Waals surface area contributed by atoms with Crippen LogP contribution < -0.4 is 15.4 Å². The second-order valence-electron chi connectivity index (χ2n) is 6.26. The minimum atomic E-state index is -0.240. The van der Waals surface area contributed by atoms with Crippen LogP contribution >= 0.6 is 11.8 Å². The Bertz CT molecular complexity index is 516. The van der Waals surface area contributed by atoms with Gasteiger partial charge in [-0.05, 0) is 62.6 Å². The topological polar surface area (TPSA) is 45.7 Å². The molecule has 1 fully saturated rings. The summed E-state index contributed by atoms with van der Waals surface area (Å²) < 4.78 is 18.7. The quantitative estimate of drug-likeness (QED) is 0.427. The highest BCUT2D eigenvalue weighted by Crippen LogP contribution is 2.36. The highest BCUT2D eigenvalue weighted by atomic mass is 32.2. The van der Waals surface area contributed by atoms with Gasteiger partial charge in [0.25, 0.3) is 0 Å². The van der Waals surface area contributed by atoms with Crippen LogP contribution in [0, 0.1) is 5.82 Å². The largest absolute Gasteiger partial charge is 0.494 e. The summed E-state index contributed by atoms with van der Waals surface area (Å²) in [6.07, 6.45) is 4.51. The number of halogens is 1. The first kappa shape index (κ1) is 18.9. The number of nitrogens with zero attached hydrogens (tertiary/aromatic N) is 1. The van der Waals surface area contributed by atoms with Gasteiger partial charge in [0, 0.05) is 24.9 Å². The second-order valence-corrected chi connectivity index (χ2v) is 7.95. The SMILES string of the molecule is CN=C(NCCCCOc1ccc(F)cc1)NCC1(C)CCCS1. The van der Waals surface area contributed by atoms with Gasteiger partial charge in [0.2, 0.25) is 0 Å². The molecule has 1 aromatic carbocycles. The first-order chi connectivity index (χ1) is 11.6. The lowest BCUT2D eigenvalue weighted by atomic mass is 10.1. The third kappa shape index (κ3) is 6.59. The van der Waals surface area contributed by atoms with Gasteiger partial charge in [-0.15, -0.1) is 0 Å². The molecule has 0 aromatic heterocycles. The first-order valence-corrected chi connectivity index (χ1v) is 9.57. The van der Waals surface area contributed by atoms with E-state index in [-0.39, 0.29) is 5.82 Å². The van der Waals surface area contributed by atoms with Crippen LogP contribution in [0.4, 0.5) is 4.39 Å². The lowest BCUT2D eigenvalue weighted by Crippen LogP contribution is -2.43. The van der Waals surface area contributed by atoms with Crippen molar-refractivity contribution >= 4 is 17.7 Å². The van der Waals surface area contributed by atoms with E-state index in [0.717, 1.165) is 31.9 Å². The van der Waals surface area contributed by atoms with E-state index in [4.69, 9.17) is 4.74 Å². The van der Waals surface area contributed by atoms with Crippen LogP contribution in [0.3, 0.4) is 0 Å². The van der Waals surface area contributed by atoms with Crippen LogP contribution in [0.1, 0.15) is 32.6 Å². The van der Waals surface area contributed by atoms with Crippen LogP contribution in [0.2, 0.25) is 0 Å². The Hall–Kier alpha value is -1.43. The number of ether oxygens (including phenoxy) is 1. The smallest absolute Gasteiger partial charge is 0.191 e. The Labute approximate surface area is 148 Å². The Morgan fingerprint density at radius 2 is 2.08 bits per heavy atom. The third-order valence-electron chi connectivity index (χ3n) is 4.10. The summed E-state index contributed by atoms with van der Waals surface area (Å²) in [5, 5.41) is 6.77. The summed E-state index contributed by atoms with van der Waals surface area (Å²) in [7, 11) is 1.80. The fraction of sp³-hybridized carbons (Fsp3) is 0.611. The van der Waals surface area contributed by atoms with Crippen molar-refractivity contribution in [2.75, 3.05) is 32.5 Å². The number of nitrogens with one attached hydrogen (secondary N) is 2. The average Bonchev–Trinajstić information content (AvgIpc) is 3.02. The van der Waals surface area contributed by atoms with Gasteiger partial charge in [-0.1, -0.05) is 0 Å². The molecular formula is C18H28FN3OS. The molecule has 0 radical (unpaired) electrons. The average molecular weight is 354 g/mol. The van der Waals surface area contributed by atoms with Gasteiger partial charge in [-0.2, -0.15) is 11.8 Å². The van der Waals surface area contributed by atoms with E-state index < -0.39 is 0 Å². The van der Waals surface area contributed by atoms with Crippen LogP contribution in [-0.2, 0) is 0 Å². The monoisotopic (exact) mass is 353 g/mol. The Morgan fingerprint density at radius 1 is 1.29 bits per heavy atom. The van der Waals surface area contributed by atoms with Crippen LogP contribution in [0.15, 0.2) is 29.3 Å². The number of aliphatic imine (C=N–C) groups is 1. The van der Waals surface area contributed by atoms with Gasteiger partial charge in [0.05, 0.1) is 6.61 Å². The van der Waals surface area contributed by atoms with E-state index in [0.29, 0.717) is 17.1 Å². The number of rotatable bonds is 8. The molecule has 6 heteroatoms. The van der Waals surface area contributed by atoms with Crippen molar-refractivity contribution in [3.63, 3.8) is 0 Å². The van der Waals surface area contributed by atoms with Crippen molar-refractivity contribution < 1.29 is 9.13 Å². The van der Waals surface area contributed by atoms with E-state index in [1.165, 1.54) is 30.7 Å². The highest BCUT2D eigenvalue weighted by molar-refractivity contribution is 8.00. The molecule has 1 unspecified atom stereocenters. The number of guanidine groups is 1. The predicted molar refractivity (Wildman–Crippen MR) is 101 cm³/mol. The lowest BCUT2D eigenvalue weighted by Gasteiger charge is -2.24. The third-order valence-corrected chi connectivity index (χ3v) is 5.64. The van der Waals surface area contributed by atoms with E-state index in [1.807, 2.05) is 11.8 Å². The molecule has 24 heavy (non-hydrogen) atoms. The Balaban J connectivity index is 1.54. The summed E-state index contributed by atoms with van der Waals surface area (Å²) in [5.74, 6) is 2.60. The van der Waals surface area contributed by atoms with Gasteiger partial charge in [0.15, 0.2) is 5.96 Å². The second kappa shape index (κ2) is 9.77. The van der Waals surface area contributed by atoms with E-state index in [9.17, 15) is 4.39 Å². The molecule has 2 rings (SSSR count). The Morgan fingerprint density at radius 3 is 2.75 bits per heavy atom. The summed E-state index contributed by atoms with van der Waals surface area (Å²) in [6, 6.07) is 6.13.